The molecular formula is C12H23N3O. The van der Waals surface area contributed by atoms with Crippen molar-refractivity contribution in [2.75, 3.05) is 13.2 Å². The van der Waals surface area contributed by atoms with Gasteiger partial charge in [0.25, 0.3) is 0 Å². The van der Waals surface area contributed by atoms with E-state index in [1.165, 1.54) is 5.56 Å². The van der Waals surface area contributed by atoms with Gasteiger partial charge in [0.1, 0.15) is 0 Å². The fraction of sp³-hybridized carbons (Fsp3) is 0.750. The minimum atomic E-state index is -0.107. The van der Waals surface area contributed by atoms with Crippen molar-refractivity contribution in [1.82, 2.24) is 9.78 Å². The predicted octanol–water partition coefficient (Wildman–Crippen LogP) is 1.09. The van der Waals surface area contributed by atoms with Gasteiger partial charge in [-0.25, -0.2) is 0 Å². The summed E-state index contributed by atoms with van der Waals surface area (Å²) in [5.41, 5.74) is 6.90. The van der Waals surface area contributed by atoms with E-state index in [-0.39, 0.29) is 12.0 Å². The Morgan fingerprint density at radius 2 is 2.25 bits per heavy atom. The molecule has 1 unspecified atom stereocenters. The molecule has 0 aliphatic carbocycles. The van der Waals surface area contributed by atoms with Crippen molar-refractivity contribution in [3.05, 3.63) is 18.0 Å². The number of hydrogen-bond donors (Lipinski definition) is 2. The topological polar surface area (TPSA) is 64.1 Å². The molecule has 0 fully saturated rings. The summed E-state index contributed by atoms with van der Waals surface area (Å²) in [7, 11) is 1.91. The van der Waals surface area contributed by atoms with Gasteiger partial charge >= 0.3 is 0 Å². The van der Waals surface area contributed by atoms with Gasteiger partial charge in [0.2, 0.25) is 0 Å². The second-order valence-corrected chi connectivity index (χ2v) is 4.63. The van der Waals surface area contributed by atoms with Crippen LogP contribution in [0.15, 0.2) is 12.4 Å². The highest BCUT2D eigenvalue weighted by Gasteiger charge is 2.26. The molecule has 0 bridgehead atoms. The second-order valence-electron chi connectivity index (χ2n) is 4.63. The lowest BCUT2D eigenvalue weighted by molar-refractivity contribution is 0.112. The summed E-state index contributed by atoms with van der Waals surface area (Å²) < 4.78 is 1.80. The first-order valence-electron chi connectivity index (χ1n) is 5.94. The first-order valence-corrected chi connectivity index (χ1v) is 5.94. The number of aliphatic hydroxyl groups excluding tert-OH is 1. The molecule has 0 saturated heterocycles. The Kier molecular flexibility index (Phi) is 4.96. The quantitative estimate of drug-likeness (QED) is 0.730. The zero-order chi connectivity index (χ0) is 12.0. The average molecular weight is 225 g/mol. The van der Waals surface area contributed by atoms with Crippen LogP contribution in [0.3, 0.4) is 0 Å². The van der Waals surface area contributed by atoms with E-state index >= 15 is 0 Å². The molecule has 0 radical (unpaired) electrons. The van der Waals surface area contributed by atoms with E-state index in [0.29, 0.717) is 6.54 Å². The molecule has 1 heterocycles. The van der Waals surface area contributed by atoms with Gasteiger partial charge in [-0.1, -0.05) is 13.3 Å². The number of hydrogen-bond acceptors (Lipinski definition) is 3. The lowest BCUT2D eigenvalue weighted by Gasteiger charge is -2.30. The normalized spacial score (nSPS) is 15.0. The van der Waals surface area contributed by atoms with Crippen LogP contribution in [-0.4, -0.2) is 28.0 Å². The van der Waals surface area contributed by atoms with Crippen LogP contribution in [-0.2, 0) is 13.5 Å². The molecule has 1 rings (SSSR count). The highest BCUT2D eigenvalue weighted by atomic mass is 16.3. The van der Waals surface area contributed by atoms with Crippen LogP contribution in [0.4, 0.5) is 0 Å². The smallest absolute Gasteiger partial charge is 0.0521 e. The summed E-state index contributed by atoms with van der Waals surface area (Å²) in [6, 6.07) is 0. The monoisotopic (exact) mass is 225 g/mol. The Bertz CT molecular complexity index is 305. The van der Waals surface area contributed by atoms with Gasteiger partial charge in [-0.2, -0.15) is 5.10 Å². The standard InChI is InChI=1S/C12H23N3O/c1-3-5-12(9-13,10-16)6-4-11-7-14-15(2)8-11/h7-8,16H,3-6,9-10,13H2,1-2H3. The molecule has 0 amide bonds. The van der Waals surface area contributed by atoms with Crippen LogP contribution in [0.5, 0.6) is 0 Å². The van der Waals surface area contributed by atoms with Crippen LogP contribution in [0, 0.1) is 5.41 Å². The Hall–Kier alpha value is -0.870. The third kappa shape index (κ3) is 3.32. The summed E-state index contributed by atoms with van der Waals surface area (Å²) in [6.45, 7) is 2.86. The molecular weight excluding hydrogens is 202 g/mol. The van der Waals surface area contributed by atoms with Crippen molar-refractivity contribution in [1.29, 1.82) is 0 Å². The number of nitrogens with zero attached hydrogens (tertiary/aromatic N) is 2. The van der Waals surface area contributed by atoms with E-state index in [1.54, 1.807) is 4.68 Å². The first-order chi connectivity index (χ1) is 7.65. The second kappa shape index (κ2) is 6.01. The predicted molar refractivity (Wildman–Crippen MR) is 65.0 cm³/mol. The van der Waals surface area contributed by atoms with E-state index in [9.17, 15) is 5.11 Å². The average Bonchev–Trinajstić information content (AvgIpc) is 2.71. The summed E-state index contributed by atoms with van der Waals surface area (Å²) in [4.78, 5) is 0. The fourth-order valence-corrected chi connectivity index (χ4v) is 2.09. The van der Waals surface area contributed by atoms with Crippen LogP contribution in [0.25, 0.3) is 0 Å². The molecule has 1 aromatic heterocycles. The maximum absolute atomic E-state index is 9.49. The molecule has 0 aromatic carbocycles. The van der Waals surface area contributed by atoms with Crippen molar-refractivity contribution in [3.63, 3.8) is 0 Å². The summed E-state index contributed by atoms with van der Waals surface area (Å²) in [6.07, 6.45) is 7.81. The van der Waals surface area contributed by atoms with E-state index in [0.717, 1.165) is 25.7 Å². The van der Waals surface area contributed by atoms with Gasteiger partial charge in [-0.3, -0.25) is 4.68 Å². The van der Waals surface area contributed by atoms with Gasteiger partial charge in [0.15, 0.2) is 0 Å². The van der Waals surface area contributed by atoms with Gasteiger partial charge in [0.05, 0.1) is 6.20 Å². The fourth-order valence-electron chi connectivity index (χ4n) is 2.09. The minimum absolute atomic E-state index is 0.107. The summed E-state index contributed by atoms with van der Waals surface area (Å²) >= 11 is 0. The Morgan fingerprint density at radius 3 is 2.69 bits per heavy atom. The number of aryl methyl sites for hydroxylation is 2. The van der Waals surface area contributed by atoms with E-state index in [4.69, 9.17) is 5.73 Å². The molecule has 0 saturated carbocycles. The molecule has 92 valence electrons. The zero-order valence-electron chi connectivity index (χ0n) is 10.3. The number of aliphatic hydroxyl groups is 1. The molecule has 4 nitrogen and oxygen atoms in total. The minimum Gasteiger partial charge on any atom is -0.396 e. The van der Waals surface area contributed by atoms with Gasteiger partial charge in [-0.05, 0) is 24.8 Å². The number of rotatable bonds is 7. The van der Waals surface area contributed by atoms with Crippen LogP contribution in [0.2, 0.25) is 0 Å². The highest BCUT2D eigenvalue weighted by molar-refractivity contribution is 5.04. The van der Waals surface area contributed by atoms with Gasteiger partial charge in [-0.15, -0.1) is 0 Å². The Balaban J connectivity index is 2.55. The molecule has 0 spiro atoms. The molecule has 1 atom stereocenters. The number of nitrogens with two attached hydrogens (primary N) is 1. The highest BCUT2D eigenvalue weighted by Crippen LogP contribution is 2.28. The van der Waals surface area contributed by atoms with Crippen LogP contribution >= 0.6 is 0 Å². The largest absolute Gasteiger partial charge is 0.396 e. The summed E-state index contributed by atoms with van der Waals surface area (Å²) in [5.74, 6) is 0. The van der Waals surface area contributed by atoms with Crippen LogP contribution < -0.4 is 5.73 Å². The molecule has 0 aliphatic rings. The third-order valence-corrected chi connectivity index (χ3v) is 3.25. The van der Waals surface area contributed by atoms with E-state index in [2.05, 4.69) is 12.0 Å². The molecule has 4 heteroatoms. The Labute approximate surface area is 97.5 Å². The maximum Gasteiger partial charge on any atom is 0.0521 e. The Morgan fingerprint density at radius 1 is 1.50 bits per heavy atom. The van der Waals surface area contributed by atoms with Crippen molar-refractivity contribution in [2.24, 2.45) is 18.2 Å². The molecule has 3 N–H and O–H groups in total. The lowest BCUT2D eigenvalue weighted by Crippen LogP contribution is -2.34. The molecule has 0 aliphatic heterocycles. The first kappa shape index (κ1) is 13.2. The van der Waals surface area contributed by atoms with E-state index < -0.39 is 0 Å². The molecule has 1 aromatic rings. The third-order valence-electron chi connectivity index (χ3n) is 3.25. The molecule has 16 heavy (non-hydrogen) atoms. The van der Waals surface area contributed by atoms with Crippen molar-refractivity contribution < 1.29 is 5.11 Å². The zero-order valence-corrected chi connectivity index (χ0v) is 10.3. The van der Waals surface area contributed by atoms with Crippen molar-refractivity contribution >= 4 is 0 Å². The van der Waals surface area contributed by atoms with E-state index in [1.807, 2.05) is 19.4 Å². The maximum atomic E-state index is 9.49. The number of aromatic nitrogens is 2. The SMILES string of the molecule is CCCC(CN)(CO)CCc1cnn(C)c1. The van der Waals surface area contributed by atoms with Gasteiger partial charge < -0.3 is 10.8 Å². The van der Waals surface area contributed by atoms with Gasteiger partial charge in [0, 0.05) is 31.8 Å². The summed E-state index contributed by atoms with van der Waals surface area (Å²) in [5, 5.41) is 13.6. The van der Waals surface area contributed by atoms with Crippen molar-refractivity contribution in [2.45, 2.75) is 32.6 Å². The lowest BCUT2D eigenvalue weighted by atomic mass is 9.79. The van der Waals surface area contributed by atoms with Crippen molar-refractivity contribution in [3.8, 4) is 0 Å². The van der Waals surface area contributed by atoms with Crippen LogP contribution in [0.1, 0.15) is 31.7 Å².